The number of benzene rings is 4. The van der Waals surface area contributed by atoms with E-state index in [1.54, 1.807) is 48.8 Å². The topological polar surface area (TPSA) is 78.4 Å². The molecule has 0 unspecified atom stereocenters. The molecule has 6 heteroatoms. The summed E-state index contributed by atoms with van der Waals surface area (Å²) in [5, 5.41) is 3.49. The van der Waals surface area contributed by atoms with Gasteiger partial charge in [0, 0.05) is 23.5 Å². The van der Waals surface area contributed by atoms with Gasteiger partial charge in [0.1, 0.15) is 11.4 Å². The van der Waals surface area contributed by atoms with E-state index in [-0.39, 0.29) is 11.5 Å². The van der Waals surface area contributed by atoms with Crippen LogP contribution >= 0.6 is 0 Å². The number of hydrogen-bond acceptors (Lipinski definition) is 6. The molecule has 0 saturated heterocycles. The first-order valence-electron chi connectivity index (χ1n) is 12.1. The van der Waals surface area contributed by atoms with Crippen LogP contribution in [0, 0.1) is 0 Å². The summed E-state index contributed by atoms with van der Waals surface area (Å²) in [6, 6.07) is 29.4. The third-order valence-corrected chi connectivity index (χ3v) is 6.72. The smallest absolute Gasteiger partial charge is 0.344 e. The number of fused-ring (bicyclic) bond motifs is 10. The van der Waals surface area contributed by atoms with Crippen molar-refractivity contribution in [2.24, 2.45) is 0 Å². The molecule has 0 fully saturated rings. The highest BCUT2D eigenvalue weighted by Crippen LogP contribution is 2.41. The Labute approximate surface area is 217 Å². The van der Waals surface area contributed by atoms with Crippen molar-refractivity contribution in [1.29, 1.82) is 0 Å². The molecule has 0 amide bonds. The maximum atomic E-state index is 13.9. The van der Waals surface area contributed by atoms with Crippen molar-refractivity contribution in [1.82, 2.24) is 9.97 Å². The van der Waals surface area contributed by atoms with Gasteiger partial charge in [0.15, 0.2) is 11.5 Å². The van der Waals surface area contributed by atoms with Gasteiger partial charge in [0.05, 0.1) is 11.1 Å². The third kappa shape index (κ3) is 3.43. The molecule has 1 aliphatic heterocycles. The molecule has 7 rings (SSSR count). The zero-order valence-electron chi connectivity index (χ0n) is 19.9. The summed E-state index contributed by atoms with van der Waals surface area (Å²) < 4.78 is 11.9. The quantitative estimate of drug-likeness (QED) is 0.215. The Morgan fingerprint density at radius 1 is 0.474 bits per heavy atom. The van der Waals surface area contributed by atoms with Gasteiger partial charge in [-0.2, -0.15) is 0 Å². The summed E-state index contributed by atoms with van der Waals surface area (Å²) in [7, 11) is 0. The molecule has 0 saturated carbocycles. The molecule has 0 atom stereocenters. The summed E-state index contributed by atoms with van der Waals surface area (Å²) >= 11 is 0. The molecule has 180 valence electrons. The van der Waals surface area contributed by atoms with Crippen LogP contribution in [0.1, 0.15) is 20.7 Å². The second-order valence-corrected chi connectivity index (χ2v) is 8.90. The van der Waals surface area contributed by atoms with Crippen LogP contribution in [0.4, 0.5) is 0 Å². The van der Waals surface area contributed by atoms with Crippen LogP contribution in [-0.4, -0.2) is 21.9 Å². The molecule has 4 aromatic carbocycles. The predicted octanol–water partition coefficient (Wildman–Crippen LogP) is 6.87. The minimum atomic E-state index is -0.565. The van der Waals surface area contributed by atoms with Crippen molar-refractivity contribution < 1.29 is 19.1 Å². The van der Waals surface area contributed by atoms with E-state index < -0.39 is 11.9 Å². The first kappa shape index (κ1) is 21.9. The third-order valence-electron chi connectivity index (χ3n) is 6.72. The minimum Gasteiger partial charge on any atom is -0.421 e. The summed E-state index contributed by atoms with van der Waals surface area (Å²) in [6.07, 6.45) is 3.14. The second kappa shape index (κ2) is 8.64. The summed E-state index contributed by atoms with van der Waals surface area (Å²) in [4.78, 5) is 36.6. The summed E-state index contributed by atoms with van der Waals surface area (Å²) in [5.74, 6) is -0.701. The van der Waals surface area contributed by atoms with Gasteiger partial charge in [-0.25, -0.2) is 9.59 Å². The van der Waals surface area contributed by atoms with Crippen LogP contribution in [0.15, 0.2) is 109 Å². The normalized spacial score (nSPS) is 12.7. The van der Waals surface area contributed by atoms with Crippen LogP contribution in [0.5, 0.6) is 11.5 Å². The van der Waals surface area contributed by atoms with Crippen LogP contribution < -0.4 is 9.47 Å². The van der Waals surface area contributed by atoms with Crippen molar-refractivity contribution in [2.45, 2.75) is 0 Å². The molecule has 6 aromatic rings. The maximum absolute atomic E-state index is 13.9. The van der Waals surface area contributed by atoms with Crippen molar-refractivity contribution >= 4 is 33.5 Å². The molecular weight excluding hydrogens is 476 g/mol. The number of esters is 2. The molecule has 38 heavy (non-hydrogen) atoms. The second-order valence-electron chi connectivity index (χ2n) is 8.90. The lowest BCUT2D eigenvalue weighted by atomic mass is 9.87. The molecule has 3 heterocycles. The van der Waals surface area contributed by atoms with Gasteiger partial charge in [-0.1, -0.05) is 60.7 Å². The Morgan fingerprint density at radius 2 is 0.921 bits per heavy atom. The van der Waals surface area contributed by atoms with Gasteiger partial charge in [-0.3, -0.25) is 9.97 Å². The van der Waals surface area contributed by atoms with E-state index >= 15 is 0 Å². The van der Waals surface area contributed by atoms with Gasteiger partial charge in [-0.05, 0) is 57.9 Å². The average Bonchev–Trinajstić information content (AvgIpc) is 2.96. The lowest BCUT2D eigenvalue weighted by Crippen LogP contribution is -2.16. The molecule has 0 N–H and O–H groups in total. The molecule has 0 radical (unpaired) electrons. The number of aromatic nitrogens is 2. The highest BCUT2D eigenvalue weighted by Gasteiger charge is 2.28. The van der Waals surface area contributed by atoms with E-state index in [2.05, 4.69) is 9.97 Å². The maximum Gasteiger partial charge on any atom is 0.344 e. The lowest BCUT2D eigenvalue weighted by Gasteiger charge is -2.20. The van der Waals surface area contributed by atoms with Crippen LogP contribution in [-0.2, 0) is 0 Å². The fourth-order valence-corrected chi connectivity index (χ4v) is 5.03. The zero-order valence-corrected chi connectivity index (χ0v) is 19.9. The Kier molecular flexibility index (Phi) is 4.97. The summed E-state index contributed by atoms with van der Waals surface area (Å²) in [6.45, 7) is 0. The van der Waals surface area contributed by atoms with E-state index in [0.29, 0.717) is 33.6 Å². The standard InChI is InChI=1S/C32H18N2O4/c35-31-23-15-13-19-7-1-3-9-21(19)27(23)28-22-10-4-2-8-20(22)14-16-24(28)32(36)38-26-12-6-18-34-30(26)29-25(37-31)11-5-17-33-29/h1-18H. The molecule has 0 aliphatic carbocycles. The number of carbonyl (C=O) groups excluding carboxylic acids is 2. The van der Waals surface area contributed by atoms with E-state index in [0.717, 1.165) is 21.5 Å². The molecule has 2 aromatic heterocycles. The number of ether oxygens (including phenoxy) is 2. The predicted molar refractivity (Wildman–Crippen MR) is 144 cm³/mol. The Balaban J connectivity index is 1.62. The van der Waals surface area contributed by atoms with E-state index in [1.165, 1.54) is 0 Å². The molecule has 6 nitrogen and oxygen atoms in total. The van der Waals surface area contributed by atoms with Crippen LogP contribution in [0.25, 0.3) is 44.1 Å². The highest BCUT2D eigenvalue weighted by atomic mass is 16.5. The van der Waals surface area contributed by atoms with Gasteiger partial charge in [0.2, 0.25) is 0 Å². The van der Waals surface area contributed by atoms with Crippen molar-refractivity contribution in [2.75, 3.05) is 0 Å². The van der Waals surface area contributed by atoms with Gasteiger partial charge >= 0.3 is 11.9 Å². The van der Waals surface area contributed by atoms with Gasteiger partial charge < -0.3 is 9.47 Å². The largest absolute Gasteiger partial charge is 0.421 e. The number of nitrogens with zero attached hydrogens (tertiary/aromatic N) is 2. The zero-order chi connectivity index (χ0) is 25.6. The van der Waals surface area contributed by atoms with E-state index in [1.807, 2.05) is 60.7 Å². The Bertz CT molecular complexity index is 1790. The van der Waals surface area contributed by atoms with Crippen molar-refractivity contribution in [3.63, 3.8) is 0 Å². The van der Waals surface area contributed by atoms with Gasteiger partial charge in [0.25, 0.3) is 0 Å². The van der Waals surface area contributed by atoms with E-state index in [9.17, 15) is 9.59 Å². The molecule has 0 spiro atoms. The van der Waals surface area contributed by atoms with Crippen LogP contribution in [0.2, 0.25) is 0 Å². The Morgan fingerprint density at radius 3 is 1.39 bits per heavy atom. The molecular formula is C32H18N2O4. The Hall–Kier alpha value is -5.36. The molecule has 0 bridgehead atoms. The SMILES string of the molecule is O=C1Oc2cccnc2-c2ncccc2OC(=O)c2ccc3ccccc3c2-c2c1ccc1ccccc21. The van der Waals surface area contributed by atoms with Gasteiger partial charge in [-0.15, -0.1) is 0 Å². The van der Waals surface area contributed by atoms with E-state index in [4.69, 9.17) is 9.47 Å². The summed E-state index contributed by atoms with van der Waals surface area (Å²) in [5.41, 5.74) is 2.46. The number of rotatable bonds is 0. The molecule has 1 aliphatic rings. The van der Waals surface area contributed by atoms with Crippen LogP contribution in [0.3, 0.4) is 0 Å². The first-order valence-corrected chi connectivity index (χ1v) is 12.1. The first-order chi connectivity index (χ1) is 18.7. The lowest BCUT2D eigenvalue weighted by molar-refractivity contribution is 0.0721. The minimum absolute atomic E-state index is 0.214. The number of hydrogen-bond donors (Lipinski definition) is 0. The number of pyridine rings is 2. The van der Waals surface area contributed by atoms with Crippen molar-refractivity contribution in [3.05, 3.63) is 121 Å². The van der Waals surface area contributed by atoms with Crippen molar-refractivity contribution in [3.8, 4) is 34.0 Å². The highest BCUT2D eigenvalue weighted by molar-refractivity contribution is 6.18. The fourth-order valence-electron chi connectivity index (χ4n) is 5.03. The number of carbonyl (C=O) groups is 2. The fraction of sp³-hybridized carbons (Fsp3) is 0. The average molecular weight is 495 g/mol. The monoisotopic (exact) mass is 494 g/mol.